The minimum absolute atomic E-state index is 0.408. The zero-order valence-electron chi connectivity index (χ0n) is 12.1. The fraction of sp³-hybridized carbons (Fsp3) is 0.375. The zero-order chi connectivity index (χ0) is 15.6. The lowest BCUT2D eigenvalue weighted by atomic mass is 9.88. The number of benzene rings is 1. The Kier molecular flexibility index (Phi) is 4.31. The van der Waals surface area contributed by atoms with Crippen LogP contribution >= 0.6 is 0 Å². The summed E-state index contributed by atoms with van der Waals surface area (Å²) in [6.45, 7) is 3.59. The number of hydrogen-bond acceptors (Lipinski definition) is 2. The summed E-state index contributed by atoms with van der Waals surface area (Å²) < 4.78 is 0. The van der Waals surface area contributed by atoms with Crippen LogP contribution in [0.3, 0.4) is 0 Å². The Balaban J connectivity index is 2.74. The smallest absolute Gasteiger partial charge is 0.312 e. The fourth-order valence-electron chi connectivity index (χ4n) is 2.84. The van der Waals surface area contributed by atoms with Crippen LogP contribution in [-0.4, -0.2) is 27.1 Å². The second-order valence-electron chi connectivity index (χ2n) is 5.10. The van der Waals surface area contributed by atoms with E-state index in [1.165, 1.54) is 0 Å². The predicted octanol–water partition coefficient (Wildman–Crippen LogP) is 3.32. The van der Waals surface area contributed by atoms with Crippen molar-refractivity contribution in [3.8, 4) is 0 Å². The Bertz CT molecular complexity index is 674. The van der Waals surface area contributed by atoms with Crippen LogP contribution in [0.15, 0.2) is 24.3 Å². The molecule has 0 amide bonds. The van der Waals surface area contributed by atoms with E-state index in [2.05, 4.69) is 4.98 Å². The summed E-state index contributed by atoms with van der Waals surface area (Å²) in [7, 11) is 0. The molecule has 0 radical (unpaired) electrons. The van der Waals surface area contributed by atoms with Gasteiger partial charge < -0.3 is 15.2 Å². The first-order valence-corrected chi connectivity index (χ1v) is 7.07. The molecule has 1 aromatic carbocycles. The van der Waals surface area contributed by atoms with Gasteiger partial charge in [-0.3, -0.25) is 9.59 Å². The van der Waals surface area contributed by atoms with E-state index in [0.29, 0.717) is 24.1 Å². The van der Waals surface area contributed by atoms with Crippen molar-refractivity contribution in [3.05, 3.63) is 35.5 Å². The molecular formula is C16H19NO4. The van der Waals surface area contributed by atoms with Crippen LogP contribution in [0, 0.1) is 0 Å². The molecule has 0 bridgehead atoms. The molecule has 0 saturated carbocycles. The Labute approximate surface area is 122 Å². The van der Waals surface area contributed by atoms with Gasteiger partial charge >= 0.3 is 11.9 Å². The minimum Gasteiger partial charge on any atom is -0.481 e. The lowest BCUT2D eigenvalue weighted by Gasteiger charge is -2.16. The first-order valence-electron chi connectivity index (χ1n) is 7.07. The highest BCUT2D eigenvalue weighted by Crippen LogP contribution is 2.36. The van der Waals surface area contributed by atoms with Gasteiger partial charge in [0.1, 0.15) is 0 Å². The van der Waals surface area contributed by atoms with Crippen LogP contribution in [0.4, 0.5) is 0 Å². The number of fused-ring (bicyclic) bond motifs is 1. The molecular weight excluding hydrogens is 270 g/mol. The number of carbonyl (C=O) groups is 2. The number of rotatable bonds is 6. The van der Waals surface area contributed by atoms with Crippen molar-refractivity contribution in [3.63, 3.8) is 0 Å². The van der Waals surface area contributed by atoms with E-state index in [1.54, 1.807) is 13.8 Å². The van der Waals surface area contributed by atoms with Crippen LogP contribution < -0.4 is 0 Å². The number of H-pyrrole nitrogens is 1. The van der Waals surface area contributed by atoms with Crippen LogP contribution in [-0.2, 0) is 9.59 Å². The van der Waals surface area contributed by atoms with E-state index in [9.17, 15) is 19.8 Å². The van der Waals surface area contributed by atoms with Gasteiger partial charge in [-0.25, -0.2) is 0 Å². The summed E-state index contributed by atoms with van der Waals surface area (Å²) in [5, 5.41) is 19.7. The maximum atomic E-state index is 11.5. The minimum atomic E-state index is -0.939. The highest BCUT2D eigenvalue weighted by atomic mass is 16.4. The van der Waals surface area contributed by atoms with Gasteiger partial charge in [0.05, 0.1) is 11.8 Å². The number of carboxylic acid groups (broad SMARTS) is 2. The third-order valence-corrected chi connectivity index (χ3v) is 3.89. The maximum Gasteiger partial charge on any atom is 0.312 e. The highest BCUT2D eigenvalue weighted by molar-refractivity contribution is 5.92. The first kappa shape index (κ1) is 15.1. The molecule has 0 aliphatic carbocycles. The van der Waals surface area contributed by atoms with E-state index >= 15 is 0 Å². The molecule has 21 heavy (non-hydrogen) atoms. The van der Waals surface area contributed by atoms with Gasteiger partial charge in [-0.15, -0.1) is 0 Å². The molecule has 2 unspecified atom stereocenters. The van der Waals surface area contributed by atoms with Crippen LogP contribution in [0.2, 0.25) is 0 Å². The van der Waals surface area contributed by atoms with Gasteiger partial charge in [-0.05, 0) is 24.5 Å². The Morgan fingerprint density at radius 3 is 2.14 bits per heavy atom. The third kappa shape index (κ3) is 2.63. The van der Waals surface area contributed by atoms with Crippen molar-refractivity contribution in [2.45, 2.75) is 38.5 Å². The molecule has 1 heterocycles. The molecule has 0 aliphatic rings. The van der Waals surface area contributed by atoms with Crippen molar-refractivity contribution in [1.29, 1.82) is 0 Å². The molecule has 1 aromatic heterocycles. The van der Waals surface area contributed by atoms with Crippen molar-refractivity contribution in [2.24, 2.45) is 0 Å². The predicted molar refractivity (Wildman–Crippen MR) is 79.6 cm³/mol. The summed E-state index contributed by atoms with van der Waals surface area (Å²) in [5.41, 5.74) is 1.90. The molecule has 3 N–H and O–H groups in total. The summed E-state index contributed by atoms with van der Waals surface area (Å²) in [4.78, 5) is 26.1. The molecule has 2 rings (SSSR count). The average Bonchev–Trinajstić information content (AvgIpc) is 2.79. The van der Waals surface area contributed by atoms with E-state index in [4.69, 9.17) is 0 Å². The van der Waals surface area contributed by atoms with Gasteiger partial charge in [-0.2, -0.15) is 0 Å². The van der Waals surface area contributed by atoms with E-state index in [-0.39, 0.29) is 0 Å². The second-order valence-corrected chi connectivity index (χ2v) is 5.10. The molecule has 0 aliphatic heterocycles. The Hall–Kier alpha value is -2.30. The standard InChI is InChI=1S/C16H19NO4/c1-3-9(15(18)19)13-11-7-5-6-8-12(11)17-14(13)10(4-2)16(20)21/h5-10,17H,3-4H2,1-2H3,(H,18,19)(H,20,21). The second kappa shape index (κ2) is 5.99. The molecule has 0 saturated heterocycles. The number of hydrogen-bond donors (Lipinski definition) is 3. The lowest BCUT2D eigenvalue weighted by molar-refractivity contribution is -0.140. The lowest BCUT2D eigenvalue weighted by Crippen LogP contribution is -2.17. The largest absolute Gasteiger partial charge is 0.481 e. The van der Waals surface area contributed by atoms with Crippen molar-refractivity contribution >= 4 is 22.8 Å². The van der Waals surface area contributed by atoms with E-state index < -0.39 is 23.8 Å². The maximum absolute atomic E-state index is 11.5. The topological polar surface area (TPSA) is 90.4 Å². The quantitative estimate of drug-likeness (QED) is 0.760. The highest BCUT2D eigenvalue weighted by Gasteiger charge is 2.30. The number of aliphatic carboxylic acids is 2. The number of aromatic amines is 1. The molecule has 0 spiro atoms. The molecule has 5 nitrogen and oxygen atoms in total. The fourth-order valence-corrected chi connectivity index (χ4v) is 2.84. The molecule has 2 atom stereocenters. The van der Waals surface area contributed by atoms with E-state index in [1.807, 2.05) is 24.3 Å². The monoisotopic (exact) mass is 289 g/mol. The molecule has 112 valence electrons. The molecule has 2 aromatic rings. The number of nitrogens with one attached hydrogen (secondary N) is 1. The number of aromatic nitrogens is 1. The summed E-state index contributed by atoms with van der Waals surface area (Å²) in [6.07, 6.45) is 0.825. The van der Waals surface area contributed by atoms with Crippen LogP contribution in [0.1, 0.15) is 49.8 Å². The van der Waals surface area contributed by atoms with E-state index in [0.717, 1.165) is 10.9 Å². The Morgan fingerprint density at radius 1 is 1.05 bits per heavy atom. The van der Waals surface area contributed by atoms with Crippen molar-refractivity contribution in [1.82, 2.24) is 4.98 Å². The third-order valence-electron chi connectivity index (χ3n) is 3.89. The Morgan fingerprint density at radius 2 is 1.62 bits per heavy atom. The van der Waals surface area contributed by atoms with Gasteiger partial charge in [-0.1, -0.05) is 32.0 Å². The summed E-state index contributed by atoms with van der Waals surface area (Å²) in [5.74, 6) is -3.29. The van der Waals surface area contributed by atoms with Crippen LogP contribution in [0.25, 0.3) is 10.9 Å². The number of para-hydroxylation sites is 1. The summed E-state index contributed by atoms with van der Waals surface area (Å²) >= 11 is 0. The summed E-state index contributed by atoms with van der Waals surface area (Å²) in [6, 6.07) is 7.35. The van der Waals surface area contributed by atoms with Gasteiger partial charge in [0.25, 0.3) is 0 Å². The van der Waals surface area contributed by atoms with Gasteiger partial charge in [0, 0.05) is 16.6 Å². The SMILES string of the molecule is CCC(C(=O)O)c1[nH]c2ccccc2c1C(CC)C(=O)O. The molecule has 0 fully saturated rings. The van der Waals surface area contributed by atoms with Crippen molar-refractivity contribution < 1.29 is 19.8 Å². The molecule has 5 heteroatoms. The normalized spacial score (nSPS) is 14.0. The average molecular weight is 289 g/mol. The zero-order valence-corrected chi connectivity index (χ0v) is 12.1. The van der Waals surface area contributed by atoms with Gasteiger partial charge in [0.15, 0.2) is 0 Å². The van der Waals surface area contributed by atoms with Gasteiger partial charge in [0.2, 0.25) is 0 Å². The first-order chi connectivity index (χ1) is 10.0. The van der Waals surface area contributed by atoms with Crippen LogP contribution in [0.5, 0.6) is 0 Å². The van der Waals surface area contributed by atoms with Crippen molar-refractivity contribution in [2.75, 3.05) is 0 Å². The number of carboxylic acids is 2.